The predicted octanol–water partition coefficient (Wildman–Crippen LogP) is 3.12. The van der Waals surface area contributed by atoms with Crippen LogP contribution in [0.25, 0.3) is 10.9 Å². The summed E-state index contributed by atoms with van der Waals surface area (Å²) in [5.74, 6) is 0. The molecule has 1 aromatic carbocycles. The van der Waals surface area contributed by atoms with E-state index in [-0.39, 0.29) is 0 Å². The number of hydrogen-bond donors (Lipinski definition) is 1. The van der Waals surface area contributed by atoms with E-state index >= 15 is 0 Å². The second-order valence-corrected chi connectivity index (χ2v) is 5.09. The molecule has 0 aliphatic heterocycles. The van der Waals surface area contributed by atoms with Crippen LogP contribution in [0.5, 0.6) is 0 Å². The first-order valence-corrected chi connectivity index (χ1v) is 6.79. The highest BCUT2D eigenvalue weighted by Gasteiger charge is 2.19. The third-order valence-electron chi connectivity index (χ3n) is 3.60. The fraction of sp³-hybridized carbons (Fsp3) is 0.375. The van der Waals surface area contributed by atoms with E-state index in [2.05, 4.69) is 46.9 Å². The fourth-order valence-corrected chi connectivity index (χ4v) is 2.51. The second kappa shape index (κ2) is 4.99. The first kappa shape index (κ1) is 11.5. The number of nitrogens with zero attached hydrogens (tertiary/aromatic N) is 1. The molecule has 94 valence electrons. The average molecular weight is 240 g/mol. The van der Waals surface area contributed by atoms with Crippen molar-refractivity contribution in [1.82, 2.24) is 9.88 Å². The van der Waals surface area contributed by atoms with Crippen LogP contribution in [0.2, 0.25) is 0 Å². The molecule has 2 nitrogen and oxygen atoms in total. The topological polar surface area (TPSA) is 17.0 Å². The second-order valence-electron chi connectivity index (χ2n) is 5.09. The van der Waals surface area contributed by atoms with Crippen molar-refractivity contribution in [1.29, 1.82) is 0 Å². The molecule has 1 fully saturated rings. The van der Waals surface area contributed by atoms with Crippen molar-refractivity contribution in [2.45, 2.75) is 31.8 Å². The van der Waals surface area contributed by atoms with Gasteiger partial charge in [0.2, 0.25) is 0 Å². The van der Waals surface area contributed by atoms with Crippen molar-refractivity contribution >= 4 is 10.9 Å². The van der Waals surface area contributed by atoms with Crippen LogP contribution in [0.15, 0.2) is 43.1 Å². The molecule has 0 amide bonds. The van der Waals surface area contributed by atoms with Gasteiger partial charge in [-0.15, -0.1) is 6.58 Å². The summed E-state index contributed by atoms with van der Waals surface area (Å²) in [6.45, 7) is 5.81. The highest BCUT2D eigenvalue weighted by Crippen LogP contribution is 2.22. The van der Waals surface area contributed by atoms with E-state index in [9.17, 15) is 0 Å². The van der Waals surface area contributed by atoms with Crippen LogP contribution in [0, 0.1) is 0 Å². The Labute approximate surface area is 108 Å². The molecular formula is C16H20N2. The van der Waals surface area contributed by atoms with Crippen molar-refractivity contribution in [2.24, 2.45) is 0 Å². The van der Waals surface area contributed by atoms with Crippen LogP contribution in [-0.2, 0) is 13.0 Å². The van der Waals surface area contributed by atoms with E-state index < -0.39 is 0 Å². The Bertz CT molecular complexity index is 549. The van der Waals surface area contributed by atoms with Crippen LogP contribution >= 0.6 is 0 Å². The third-order valence-corrected chi connectivity index (χ3v) is 3.60. The van der Waals surface area contributed by atoms with Crippen molar-refractivity contribution in [3.63, 3.8) is 0 Å². The van der Waals surface area contributed by atoms with Gasteiger partial charge in [-0.1, -0.05) is 24.3 Å². The highest BCUT2D eigenvalue weighted by atomic mass is 15.0. The first-order chi connectivity index (χ1) is 8.88. The van der Waals surface area contributed by atoms with Crippen molar-refractivity contribution in [3.05, 3.63) is 48.7 Å². The van der Waals surface area contributed by atoms with E-state index in [4.69, 9.17) is 0 Å². The molecule has 2 aromatic rings. The molecule has 1 aromatic heterocycles. The minimum Gasteiger partial charge on any atom is -0.343 e. The number of hydrogen-bond acceptors (Lipinski definition) is 1. The van der Waals surface area contributed by atoms with E-state index in [0.717, 1.165) is 25.6 Å². The molecule has 0 saturated heterocycles. The lowest BCUT2D eigenvalue weighted by molar-refractivity contribution is 0.682. The molecule has 0 radical (unpaired) electrons. The summed E-state index contributed by atoms with van der Waals surface area (Å²) in [5.41, 5.74) is 2.76. The molecular weight excluding hydrogens is 220 g/mol. The third kappa shape index (κ3) is 2.34. The van der Waals surface area contributed by atoms with Gasteiger partial charge in [0, 0.05) is 29.7 Å². The van der Waals surface area contributed by atoms with Crippen molar-refractivity contribution in [3.8, 4) is 0 Å². The summed E-state index contributed by atoms with van der Waals surface area (Å²) in [4.78, 5) is 0. The molecule has 1 aliphatic rings. The highest BCUT2D eigenvalue weighted by molar-refractivity contribution is 5.84. The van der Waals surface area contributed by atoms with Gasteiger partial charge in [-0.05, 0) is 37.4 Å². The molecule has 1 N–H and O–H groups in total. The minimum atomic E-state index is 0.798. The van der Waals surface area contributed by atoms with Gasteiger partial charge >= 0.3 is 0 Å². The number of benzene rings is 1. The quantitative estimate of drug-likeness (QED) is 0.768. The number of aromatic nitrogens is 1. The van der Waals surface area contributed by atoms with Crippen LogP contribution in [0.4, 0.5) is 0 Å². The molecule has 3 rings (SSSR count). The maximum atomic E-state index is 3.83. The fourth-order valence-electron chi connectivity index (χ4n) is 2.51. The summed E-state index contributed by atoms with van der Waals surface area (Å²) in [7, 11) is 0. The lowest BCUT2D eigenvalue weighted by Gasteiger charge is -2.01. The van der Waals surface area contributed by atoms with E-state index in [1.54, 1.807) is 0 Å². The standard InChI is InChI=1S/C16H20N2/c1-2-11-18-12-13(9-10-17-14-7-8-14)15-5-3-4-6-16(15)18/h2-6,12,14,17H,1,7-11H2. The maximum absolute atomic E-state index is 3.83. The lowest BCUT2D eigenvalue weighted by Crippen LogP contribution is -2.19. The van der Waals surface area contributed by atoms with Gasteiger partial charge in [-0.3, -0.25) is 0 Å². The van der Waals surface area contributed by atoms with Gasteiger partial charge in [0.1, 0.15) is 0 Å². The molecule has 0 bridgehead atoms. The Hall–Kier alpha value is -1.54. The molecule has 1 heterocycles. The number of para-hydroxylation sites is 1. The van der Waals surface area contributed by atoms with Crippen LogP contribution in [0.1, 0.15) is 18.4 Å². The number of rotatable bonds is 6. The van der Waals surface area contributed by atoms with Gasteiger partial charge in [0.15, 0.2) is 0 Å². The molecule has 0 spiro atoms. The Morgan fingerprint density at radius 3 is 2.94 bits per heavy atom. The van der Waals surface area contributed by atoms with E-state index in [1.807, 2.05) is 6.08 Å². The molecule has 2 heteroatoms. The molecule has 0 unspecified atom stereocenters. The largest absolute Gasteiger partial charge is 0.343 e. The summed E-state index contributed by atoms with van der Waals surface area (Å²) in [6, 6.07) is 9.44. The van der Waals surface area contributed by atoms with Crippen LogP contribution < -0.4 is 5.32 Å². The minimum absolute atomic E-state index is 0.798. The zero-order valence-corrected chi connectivity index (χ0v) is 10.7. The van der Waals surface area contributed by atoms with E-state index in [1.165, 1.54) is 29.3 Å². The summed E-state index contributed by atoms with van der Waals surface area (Å²) in [5, 5.41) is 4.97. The molecule has 1 aliphatic carbocycles. The summed E-state index contributed by atoms with van der Waals surface area (Å²) < 4.78 is 2.29. The molecule has 18 heavy (non-hydrogen) atoms. The summed E-state index contributed by atoms with van der Waals surface area (Å²) in [6.07, 6.45) is 8.07. The smallest absolute Gasteiger partial charge is 0.0486 e. The van der Waals surface area contributed by atoms with Crippen LogP contribution in [-0.4, -0.2) is 17.2 Å². The predicted molar refractivity (Wildman–Crippen MR) is 76.9 cm³/mol. The number of fused-ring (bicyclic) bond motifs is 1. The van der Waals surface area contributed by atoms with Gasteiger partial charge in [0.25, 0.3) is 0 Å². The Kier molecular flexibility index (Phi) is 3.20. The molecule has 0 atom stereocenters. The monoisotopic (exact) mass is 240 g/mol. The normalized spacial score (nSPS) is 15.1. The number of allylic oxidation sites excluding steroid dienone is 1. The van der Waals surface area contributed by atoms with Crippen molar-refractivity contribution in [2.75, 3.05) is 6.54 Å². The van der Waals surface area contributed by atoms with Crippen molar-refractivity contribution < 1.29 is 0 Å². The SMILES string of the molecule is C=CCn1cc(CCNC2CC2)c2ccccc21. The number of nitrogens with one attached hydrogen (secondary N) is 1. The lowest BCUT2D eigenvalue weighted by atomic mass is 10.1. The zero-order valence-electron chi connectivity index (χ0n) is 10.7. The first-order valence-electron chi connectivity index (χ1n) is 6.79. The van der Waals surface area contributed by atoms with Gasteiger partial charge < -0.3 is 9.88 Å². The van der Waals surface area contributed by atoms with Gasteiger partial charge in [-0.25, -0.2) is 0 Å². The average Bonchev–Trinajstić information content (AvgIpc) is 3.15. The van der Waals surface area contributed by atoms with Gasteiger partial charge in [-0.2, -0.15) is 0 Å². The Morgan fingerprint density at radius 1 is 1.33 bits per heavy atom. The Balaban J connectivity index is 1.82. The Morgan fingerprint density at radius 2 is 2.17 bits per heavy atom. The molecule has 1 saturated carbocycles. The van der Waals surface area contributed by atoms with Crippen LogP contribution in [0.3, 0.4) is 0 Å². The maximum Gasteiger partial charge on any atom is 0.0486 e. The zero-order chi connectivity index (χ0) is 12.4. The summed E-state index contributed by atoms with van der Waals surface area (Å²) >= 11 is 0. The van der Waals surface area contributed by atoms with E-state index in [0.29, 0.717) is 0 Å². The van der Waals surface area contributed by atoms with Gasteiger partial charge in [0.05, 0.1) is 0 Å².